The fourth-order valence-corrected chi connectivity index (χ4v) is 1.98. The third-order valence-corrected chi connectivity index (χ3v) is 3.14. The molecule has 2 atom stereocenters. The van der Waals surface area contributed by atoms with Crippen LogP contribution in [0.3, 0.4) is 0 Å². The van der Waals surface area contributed by atoms with E-state index >= 15 is 0 Å². The molecule has 0 radical (unpaired) electrons. The van der Waals surface area contributed by atoms with E-state index in [1.54, 1.807) is 13.0 Å². The van der Waals surface area contributed by atoms with Crippen LogP contribution in [0.25, 0.3) is 0 Å². The zero-order valence-electron chi connectivity index (χ0n) is 11.6. The van der Waals surface area contributed by atoms with Gasteiger partial charge in [0.15, 0.2) is 6.10 Å². The molecule has 0 aromatic carbocycles. The van der Waals surface area contributed by atoms with Gasteiger partial charge in [0.25, 0.3) is 5.91 Å². The number of esters is 1. The van der Waals surface area contributed by atoms with Gasteiger partial charge in [-0.3, -0.25) is 14.9 Å². The molecule has 2 rings (SSSR count). The molecule has 20 heavy (non-hydrogen) atoms. The lowest BCUT2D eigenvalue weighted by molar-refractivity contribution is -0.157. The number of amides is 1. The van der Waals surface area contributed by atoms with Crippen molar-refractivity contribution in [1.29, 1.82) is 0 Å². The van der Waals surface area contributed by atoms with Crippen molar-refractivity contribution >= 4 is 17.8 Å². The van der Waals surface area contributed by atoms with Gasteiger partial charge in [-0.05, 0) is 33.1 Å². The van der Waals surface area contributed by atoms with Crippen molar-refractivity contribution in [2.45, 2.75) is 39.2 Å². The molecule has 1 N–H and O–H groups in total. The third kappa shape index (κ3) is 3.69. The van der Waals surface area contributed by atoms with E-state index in [4.69, 9.17) is 9.26 Å². The van der Waals surface area contributed by atoms with Crippen molar-refractivity contribution in [3.8, 4) is 0 Å². The molecule has 1 aliphatic rings. The number of anilines is 1. The SMILES string of the molecule is Cc1cc(NC(=O)[C@@H](C)OC(=O)[C@H]2CC=CCC2)on1. The number of carbonyl (C=O) groups excluding carboxylic acids is 2. The largest absolute Gasteiger partial charge is 0.452 e. The Morgan fingerprint density at radius 1 is 1.50 bits per heavy atom. The smallest absolute Gasteiger partial charge is 0.310 e. The Kier molecular flexibility index (Phi) is 4.55. The van der Waals surface area contributed by atoms with E-state index in [0.29, 0.717) is 12.1 Å². The van der Waals surface area contributed by atoms with Crippen LogP contribution in [-0.4, -0.2) is 23.1 Å². The zero-order valence-corrected chi connectivity index (χ0v) is 11.6. The number of allylic oxidation sites excluding steroid dienone is 2. The Bertz CT molecular complexity index is 521. The average molecular weight is 278 g/mol. The molecule has 0 saturated carbocycles. The number of aryl methyl sites for hydroxylation is 1. The molecule has 0 bridgehead atoms. The fraction of sp³-hybridized carbons (Fsp3) is 0.500. The second-order valence-electron chi connectivity index (χ2n) is 4.88. The Morgan fingerprint density at radius 2 is 2.30 bits per heavy atom. The Labute approximate surface area is 117 Å². The van der Waals surface area contributed by atoms with E-state index in [9.17, 15) is 9.59 Å². The van der Waals surface area contributed by atoms with Gasteiger partial charge >= 0.3 is 5.97 Å². The zero-order chi connectivity index (χ0) is 14.5. The van der Waals surface area contributed by atoms with Crippen molar-refractivity contribution < 1.29 is 18.8 Å². The summed E-state index contributed by atoms with van der Waals surface area (Å²) in [5.41, 5.74) is 0.666. The molecule has 1 amide bonds. The van der Waals surface area contributed by atoms with E-state index in [0.717, 1.165) is 12.8 Å². The lowest BCUT2D eigenvalue weighted by Crippen LogP contribution is -2.32. The van der Waals surface area contributed by atoms with Crippen LogP contribution in [0, 0.1) is 12.8 Å². The number of hydrogen-bond acceptors (Lipinski definition) is 5. The first kappa shape index (κ1) is 14.3. The molecule has 0 saturated heterocycles. The summed E-state index contributed by atoms with van der Waals surface area (Å²) in [5.74, 6) is -0.662. The van der Waals surface area contributed by atoms with Crippen LogP contribution in [0.5, 0.6) is 0 Å². The van der Waals surface area contributed by atoms with Gasteiger partial charge in [0.05, 0.1) is 11.6 Å². The minimum atomic E-state index is -0.862. The van der Waals surface area contributed by atoms with Crippen LogP contribution in [0.2, 0.25) is 0 Å². The summed E-state index contributed by atoms with van der Waals surface area (Å²) in [5, 5.41) is 6.17. The standard InChI is InChI=1S/C14H18N2O4/c1-9-8-12(20-16-9)15-13(17)10(2)19-14(18)11-6-4-3-5-7-11/h3-4,8,10-11H,5-7H2,1-2H3,(H,15,17)/t10-,11+/m1/s1. The lowest BCUT2D eigenvalue weighted by Gasteiger charge is -2.19. The van der Waals surface area contributed by atoms with Crippen LogP contribution in [0.1, 0.15) is 31.9 Å². The third-order valence-electron chi connectivity index (χ3n) is 3.14. The highest BCUT2D eigenvalue weighted by atomic mass is 16.5. The second-order valence-corrected chi connectivity index (χ2v) is 4.88. The Morgan fingerprint density at radius 3 is 2.90 bits per heavy atom. The van der Waals surface area contributed by atoms with Gasteiger partial charge in [0, 0.05) is 6.07 Å². The van der Waals surface area contributed by atoms with Crippen LogP contribution in [0.4, 0.5) is 5.88 Å². The van der Waals surface area contributed by atoms with E-state index < -0.39 is 12.0 Å². The predicted octanol–water partition coefficient (Wildman–Crippen LogP) is 2.21. The van der Waals surface area contributed by atoms with Crippen molar-refractivity contribution in [3.63, 3.8) is 0 Å². The number of carbonyl (C=O) groups is 2. The van der Waals surface area contributed by atoms with Gasteiger partial charge < -0.3 is 9.26 Å². The van der Waals surface area contributed by atoms with Crippen molar-refractivity contribution in [3.05, 3.63) is 23.9 Å². The molecule has 0 aliphatic heterocycles. The monoisotopic (exact) mass is 278 g/mol. The van der Waals surface area contributed by atoms with E-state index in [2.05, 4.69) is 10.5 Å². The van der Waals surface area contributed by atoms with Gasteiger partial charge in [-0.1, -0.05) is 17.3 Å². The molecule has 1 heterocycles. The summed E-state index contributed by atoms with van der Waals surface area (Å²) in [7, 11) is 0. The molecule has 1 aromatic rings. The summed E-state index contributed by atoms with van der Waals surface area (Å²) in [6, 6.07) is 1.60. The van der Waals surface area contributed by atoms with Crippen molar-refractivity contribution in [1.82, 2.24) is 5.16 Å². The summed E-state index contributed by atoms with van der Waals surface area (Å²) in [6.45, 7) is 3.29. The molecule has 1 aliphatic carbocycles. The first-order valence-corrected chi connectivity index (χ1v) is 6.66. The topological polar surface area (TPSA) is 81.4 Å². The van der Waals surface area contributed by atoms with Gasteiger partial charge in [-0.2, -0.15) is 0 Å². The minimum Gasteiger partial charge on any atom is -0.452 e. The van der Waals surface area contributed by atoms with E-state index in [1.165, 1.54) is 6.92 Å². The first-order chi connectivity index (χ1) is 9.56. The molecule has 6 nitrogen and oxygen atoms in total. The fourth-order valence-electron chi connectivity index (χ4n) is 1.98. The van der Waals surface area contributed by atoms with Gasteiger partial charge in [0.2, 0.25) is 5.88 Å². The highest BCUT2D eigenvalue weighted by Gasteiger charge is 2.25. The maximum Gasteiger partial charge on any atom is 0.310 e. The number of nitrogens with zero attached hydrogens (tertiary/aromatic N) is 1. The lowest BCUT2D eigenvalue weighted by atomic mass is 9.95. The van der Waals surface area contributed by atoms with E-state index in [1.807, 2.05) is 12.2 Å². The highest BCUT2D eigenvalue weighted by molar-refractivity contribution is 5.94. The normalized spacial score (nSPS) is 19.4. The maximum atomic E-state index is 11.9. The number of aromatic nitrogens is 1. The number of hydrogen-bond donors (Lipinski definition) is 1. The number of ether oxygens (including phenoxy) is 1. The number of nitrogens with one attached hydrogen (secondary N) is 1. The average Bonchev–Trinajstić information content (AvgIpc) is 2.85. The summed E-state index contributed by atoms with van der Waals surface area (Å²) >= 11 is 0. The first-order valence-electron chi connectivity index (χ1n) is 6.66. The van der Waals surface area contributed by atoms with Crippen LogP contribution in [-0.2, 0) is 14.3 Å². The maximum absolute atomic E-state index is 11.9. The molecule has 0 unspecified atom stereocenters. The summed E-state index contributed by atoms with van der Waals surface area (Å²) in [4.78, 5) is 23.7. The molecular weight excluding hydrogens is 260 g/mol. The van der Waals surface area contributed by atoms with Crippen molar-refractivity contribution in [2.24, 2.45) is 5.92 Å². The highest BCUT2D eigenvalue weighted by Crippen LogP contribution is 2.20. The van der Waals surface area contributed by atoms with Crippen molar-refractivity contribution in [2.75, 3.05) is 5.32 Å². The summed E-state index contributed by atoms with van der Waals surface area (Å²) in [6.07, 6.45) is 5.47. The molecule has 0 fully saturated rings. The van der Waals surface area contributed by atoms with Crippen LogP contribution in [0.15, 0.2) is 22.7 Å². The molecule has 108 valence electrons. The van der Waals surface area contributed by atoms with E-state index in [-0.39, 0.29) is 17.8 Å². The molecule has 1 aromatic heterocycles. The van der Waals surface area contributed by atoms with Gasteiger partial charge in [0.1, 0.15) is 0 Å². The van der Waals surface area contributed by atoms with Crippen LogP contribution < -0.4 is 5.32 Å². The second kappa shape index (κ2) is 6.36. The molecular formula is C14H18N2O4. The molecule has 6 heteroatoms. The van der Waals surface area contributed by atoms with Gasteiger partial charge in [-0.25, -0.2) is 0 Å². The Hall–Kier alpha value is -2.11. The number of rotatable bonds is 4. The Balaban J connectivity index is 1.84. The predicted molar refractivity (Wildman–Crippen MR) is 71.9 cm³/mol. The quantitative estimate of drug-likeness (QED) is 0.674. The summed E-state index contributed by atoms with van der Waals surface area (Å²) < 4.78 is 10.1. The molecule has 0 spiro atoms. The van der Waals surface area contributed by atoms with Crippen LogP contribution >= 0.6 is 0 Å². The van der Waals surface area contributed by atoms with Gasteiger partial charge in [-0.15, -0.1) is 0 Å². The minimum absolute atomic E-state index is 0.150.